The van der Waals surface area contributed by atoms with Crippen molar-refractivity contribution in [1.82, 2.24) is 0 Å². The first-order valence-corrected chi connectivity index (χ1v) is 5.05. The van der Waals surface area contributed by atoms with E-state index in [1.165, 1.54) is 6.42 Å². The third-order valence-corrected chi connectivity index (χ3v) is 4.15. The van der Waals surface area contributed by atoms with Crippen molar-refractivity contribution in [3.05, 3.63) is 0 Å². The summed E-state index contributed by atoms with van der Waals surface area (Å²) in [4.78, 5) is 11.3. The van der Waals surface area contributed by atoms with Gasteiger partial charge in [-0.3, -0.25) is 4.79 Å². The first kappa shape index (κ1) is 8.50. The first-order valence-electron chi connectivity index (χ1n) is 3.80. The molecule has 0 aliphatic heterocycles. The molecule has 0 saturated heterocycles. The summed E-state index contributed by atoms with van der Waals surface area (Å²) < 4.78 is 0.279. The second kappa shape index (κ2) is 3.20. The molecule has 3 unspecified atom stereocenters. The Balaban J connectivity index is 2.60. The van der Waals surface area contributed by atoms with Gasteiger partial charge in [-0.2, -0.15) is 0 Å². The number of rotatable bonds is 0. The van der Waals surface area contributed by atoms with Gasteiger partial charge in [0, 0.05) is 5.92 Å². The number of hydrogen-bond acceptors (Lipinski definition) is 1. The molecule has 2 heteroatoms. The maximum Gasteiger partial charge on any atom is 0.148 e. The summed E-state index contributed by atoms with van der Waals surface area (Å²) in [5, 5.41) is 0. The van der Waals surface area contributed by atoms with Crippen LogP contribution in [-0.4, -0.2) is 9.71 Å². The summed E-state index contributed by atoms with van der Waals surface area (Å²) in [6, 6.07) is 0. The van der Waals surface area contributed by atoms with Crippen LogP contribution in [0, 0.1) is 11.8 Å². The predicted molar refractivity (Wildman–Crippen MR) is 50.4 cm³/mol. The summed E-state index contributed by atoms with van der Waals surface area (Å²) in [5.41, 5.74) is 0. The Morgan fingerprint density at radius 1 is 1.40 bits per heavy atom. The van der Waals surface area contributed by atoms with E-state index in [2.05, 4.69) is 29.5 Å². The first-order chi connectivity index (χ1) is 4.63. The van der Waals surface area contributed by atoms with Gasteiger partial charge in [0.05, 0.1) is 3.92 Å². The minimum absolute atomic E-state index is 0.279. The van der Waals surface area contributed by atoms with Gasteiger partial charge in [0.25, 0.3) is 0 Å². The molecule has 58 valence electrons. The molecule has 0 amide bonds. The zero-order valence-electron chi connectivity index (χ0n) is 6.43. The molecule has 3 atom stereocenters. The highest BCUT2D eigenvalue weighted by molar-refractivity contribution is 14.1. The van der Waals surface area contributed by atoms with Crippen molar-refractivity contribution in [2.24, 2.45) is 11.8 Å². The van der Waals surface area contributed by atoms with E-state index in [0.717, 1.165) is 6.42 Å². The molecule has 0 aromatic rings. The van der Waals surface area contributed by atoms with Crippen molar-refractivity contribution in [2.75, 3.05) is 0 Å². The Morgan fingerprint density at radius 3 is 2.50 bits per heavy atom. The molecule has 10 heavy (non-hydrogen) atoms. The maximum absolute atomic E-state index is 11.3. The van der Waals surface area contributed by atoms with Gasteiger partial charge in [-0.1, -0.05) is 36.4 Å². The molecule has 0 spiro atoms. The molecule has 0 bridgehead atoms. The quantitative estimate of drug-likeness (QED) is 0.478. The van der Waals surface area contributed by atoms with Gasteiger partial charge in [0.2, 0.25) is 0 Å². The van der Waals surface area contributed by atoms with Crippen LogP contribution in [0.25, 0.3) is 0 Å². The van der Waals surface area contributed by atoms with E-state index < -0.39 is 0 Å². The Kier molecular flexibility index (Phi) is 2.72. The molecule has 1 rings (SSSR count). The highest BCUT2D eigenvalue weighted by atomic mass is 127. The molecule has 0 N–H and O–H groups in total. The number of alkyl halides is 1. The lowest BCUT2D eigenvalue weighted by Gasteiger charge is -2.26. The average Bonchev–Trinajstić information content (AvgIpc) is 1.93. The van der Waals surface area contributed by atoms with Gasteiger partial charge in [0.15, 0.2) is 0 Å². The van der Waals surface area contributed by atoms with Gasteiger partial charge in [-0.05, 0) is 18.8 Å². The van der Waals surface area contributed by atoms with E-state index in [1.807, 2.05) is 6.92 Å². The number of halogens is 1. The number of carbonyl (C=O) groups is 1. The molecule has 1 aliphatic carbocycles. The normalized spacial score (nSPS) is 41.9. The number of Topliss-reactive ketones (excluding diaryl/α,β-unsaturated/α-hetero) is 1. The SMILES string of the molecule is CC1CCC(C)C(I)C1=O. The van der Waals surface area contributed by atoms with Crippen LogP contribution in [0.2, 0.25) is 0 Å². The molecule has 1 saturated carbocycles. The van der Waals surface area contributed by atoms with Crippen LogP contribution >= 0.6 is 22.6 Å². The van der Waals surface area contributed by atoms with Crippen LogP contribution < -0.4 is 0 Å². The Bertz CT molecular complexity index is 144. The van der Waals surface area contributed by atoms with Gasteiger partial charge < -0.3 is 0 Å². The fraction of sp³-hybridized carbons (Fsp3) is 0.875. The minimum Gasteiger partial charge on any atom is -0.298 e. The predicted octanol–water partition coefficient (Wildman–Crippen LogP) is 2.43. The number of ketones is 1. The molecule has 1 nitrogen and oxygen atoms in total. The van der Waals surface area contributed by atoms with Crippen LogP contribution in [0.5, 0.6) is 0 Å². The fourth-order valence-electron chi connectivity index (χ4n) is 1.35. The lowest BCUT2D eigenvalue weighted by molar-refractivity contribution is -0.124. The summed E-state index contributed by atoms with van der Waals surface area (Å²) in [5.74, 6) is 1.38. The second-order valence-electron chi connectivity index (χ2n) is 3.26. The van der Waals surface area contributed by atoms with Crippen LogP contribution in [0.4, 0.5) is 0 Å². The average molecular weight is 252 g/mol. The third kappa shape index (κ3) is 1.52. The van der Waals surface area contributed by atoms with Crippen molar-refractivity contribution in [3.8, 4) is 0 Å². The van der Waals surface area contributed by atoms with Crippen LogP contribution in [0.1, 0.15) is 26.7 Å². The Morgan fingerprint density at radius 2 is 2.00 bits per heavy atom. The Labute approximate surface area is 75.7 Å². The highest BCUT2D eigenvalue weighted by Crippen LogP contribution is 2.30. The standard InChI is InChI=1S/C8H13IO/c1-5-3-4-6(2)8(10)7(5)9/h5-7H,3-4H2,1-2H3. The lowest BCUT2D eigenvalue weighted by Crippen LogP contribution is -2.32. The molecule has 1 aliphatic rings. The number of hydrogen-bond donors (Lipinski definition) is 0. The van der Waals surface area contributed by atoms with E-state index in [0.29, 0.717) is 17.6 Å². The molecule has 0 radical (unpaired) electrons. The summed E-state index contributed by atoms with van der Waals surface area (Å²) >= 11 is 2.27. The third-order valence-electron chi connectivity index (χ3n) is 2.31. The van der Waals surface area contributed by atoms with Crippen LogP contribution in [-0.2, 0) is 4.79 Å². The molecule has 0 aromatic heterocycles. The largest absolute Gasteiger partial charge is 0.298 e. The van der Waals surface area contributed by atoms with Crippen molar-refractivity contribution in [2.45, 2.75) is 30.6 Å². The molecular weight excluding hydrogens is 239 g/mol. The van der Waals surface area contributed by atoms with Gasteiger partial charge in [-0.15, -0.1) is 0 Å². The zero-order valence-corrected chi connectivity index (χ0v) is 8.59. The summed E-state index contributed by atoms with van der Waals surface area (Å²) in [6.45, 7) is 4.21. The fourth-order valence-corrected chi connectivity index (χ4v) is 2.33. The molecule has 0 aromatic carbocycles. The minimum atomic E-state index is 0.279. The second-order valence-corrected chi connectivity index (χ2v) is 4.60. The van der Waals surface area contributed by atoms with E-state index >= 15 is 0 Å². The van der Waals surface area contributed by atoms with Crippen molar-refractivity contribution in [1.29, 1.82) is 0 Å². The molecule has 0 heterocycles. The van der Waals surface area contributed by atoms with Crippen molar-refractivity contribution < 1.29 is 4.79 Å². The zero-order chi connectivity index (χ0) is 7.72. The molecular formula is C8H13IO. The van der Waals surface area contributed by atoms with Crippen LogP contribution in [0.3, 0.4) is 0 Å². The van der Waals surface area contributed by atoms with E-state index in [4.69, 9.17) is 0 Å². The van der Waals surface area contributed by atoms with Gasteiger partial charge >= 0.3 is 0 Å². The number of carbonyl (C=O) groups excluding carboxylic acids is 1. The van der Waals surface area contributed by atoms with Gasteiger partial charge in [-0.25, -0.2) is 0 Å². The van der Waals surface area contributed by atoms with E-state index in [9.17, 15) is 4.79 Å². The Hall–Kier alpha value is 0.400. The molecule has 1 fully saturated rings. The van der Waals surface area contributed by atoms with Crippen molar-refractivity contribution in [3.63, 3.8) is 0 Å². The lowest BCUT2D eigenvalue weighted by atomic mass is 9.83. The van der Waals surface area contributed by atoms with Crippen LogP contribution in [0.15, 0.2) is 0 Å². The monoisotopic (exact) mass is 252 g/mol. The summed E-state index contributed by atoms with van der Waals surface area (Å²) in [7, 11) is 0. The van der Waals surface area contributed by atoms with E-state index in [-0.39, 0.29) is 3.92 Å². The van der Waals surface area contributed by atoms with Gasteiger partial charge in [0.1, 0.15) is 5.78 Å². The topological polar surface area (TPSA) is 17.1 Å². The van der Waals surface area contributed by atoms with E-state index in [1.54, 1.807) is 0 Å². The smallest absolute Gasteiger partial charge is 0.148 e. The summed E-state index contributed by atoms with van der Waals surface area (Å²) in [6.07, 6.45) is 2.32. The highest BCUT2D eigenvalue weighted by Gasteiger charge is 2.30. The van der Waals surface area contributed by atoms with Crippen molar-refractivity contribution >= 4 is 28.4 Å². The maximum atomic E-state index is 11.3.